The first kappa shape index (κ1) is 23.9. The topological polar surface area (TPSA) is 110 Å². The van der Waals surface area contributed by atoms with E-state index < -0.39 is 38.9 Å². The lowest BCUT2D eigenvalue weighted by molar-refractivity contribution is -0.150. The number of ether oxygens (including phenoxy) is 1. The van der Waals surface area contributed by atoms with Crippen LogP contribution in [0, 0.1) is 0 Å². The predicted molar refractivity (Wildman–Crippen MR) is 127 cm³/mol. The van der Waals surface area contributed by atoms with E-state index >= 15 is 0 Å². The standard InChI is InChI=1S/C25H28N2O6S/c1-25(2)19-8-6-5-7-17(19)18-11-15(9-10-20(18)25)23(29)26-13-22(28)27-14-16(34(4,31)32)12-21(27)24(30)33-3/h5-11,16,21H,12-14H2,1-4H3,(H,26,29)/t16-,21+/m1/s1. The molecule has 1 aliphatic carbocycles. The number of rotatable bonds is 5. The fourth-order valence-electron chi connectivity index (χ4n) is 4.96. The molecule has 0 radical (unpaired) electrons. The Balaban J connectivity index is 1.50. The summed E-state index contributed by atoms with van der Waals surface area (Å²) in [5.41, 5.74) is 4.64. The maximum absolute atomic E-state index is 12.9. The monoisotopic (exact) mass is 484 g/mol. The molecule has 2 atom stereocenters. The summed E-state index contributed by atoms with van der Waals surface area (Å²) in [5, 5.41) is 1.76. The highest BCUT2D eigenvalue weighted by Gasteiger charge is 2.44. The Labute approximate surface area is 199 Å². The summed E-state index contributed by atoms with van der Waals surface area (Å²) in [6.45, 7) is 3.82. The van der Waals surface area contributed by atoms with Crippen LogP contribution in [0.3, 0.4) is 0 Å². The number of amides is 2. The Bertz CT molecular complexity index is 1280. The number of hydrogen-bond donors (Lipinski definition) is 1. The van der Waals surface area contributed by atoms with Crippen LogP contribution in [0.4, 0.5) is 0 Å². The highest BCUT2D eigenvalue weighted by Crippen LogP contribution is 2.48. The van der Waals surface area contributed by atoms with E-state index in [-0.39, 0.29) is 24.9 Å². The van der Waals surface area contributed by atoms with Gasteiger partial charge in [-0.1, -0.05) is 44.2 Å². The maximum Gasteiger partial charge on any atom is 0.328 e. The molecule has 1 aliphatic heterocycles. The number of methoxy groups -OCH3 is 1. The number of likely N-dealkylation sites (tertiary alicyclic amines) is 1. The lowest BCUT2D eigenvalue weighted by Gasteiger charge is -2.23. The Kier molecular flexibility index (Phi) is 6.01. The fraction of sp³-hybridized carbons (Fsp3) is 0.400. The van der Waals surface area contributed by atoms with Crippen molar-refractivity contribution in [1.82, 2.24) is 10.2 Å². The van der Waals surface area contributed by atoms with Crippen LogP contribution in [0.25, 0.3) is 11.1 Å². The van der Waals surface area contributed by atoms with Crippen molar-refractivity contribution in [3.8, 4) is 11.1 Å². The van der Waals surface area contributed by atoms with Gasteiger partial charge in [0.25, 0.3) is 5.91 Å². The van der Waals surface area contributed by atoms with Crippen molar-refractivity contribution in [2.75, 3.05) is 26.5 Å². The van der Waals surface area contributed by atoms with E-state index in [2.05, 4.69) is 25.2 Å². The average molecular weight is 485 g/mol. The summed E-state index contributed by atoms with van der Waals surface area (Å²) >= 11 is 0. The second-order valence-corrected chi connectivity index (χ2v) is 11.7. The maximum atomic E-state index is 12.9. The number of sulfone groups is 1. The van der Waals surface area contributed by atoms with Crippen LogP contribution in [0.1, 0.15) is 41.8 Å². The van der Waals surface area contributed by atoms with Gasteiger partial charge in [0.2, 0.25) is 5.91 Å². The molecular formula is C25H28N2O6S. The van der Waals surface area contributed by atoms with Crippen molar-refractivity contribution in [3.63, 3.8) is 0 Å². The molecule has 0 aromatic heterocycles. The Morgan fingerprint density at radius 3 is 2.44 bits per heavy atom. The number of benzene rings is 2. The number of nitrogens with zero attached hydrogens (tertiary/aromatic N) is 1. The molecule has 2 amide bonds. The Morgan fingerprint density at radius 1 is 1.09 bits per heavy atom. The van der Waals surface area contributed by atoms with Crippen molar-refractivity contribution in [2.24, 2.45) is 0 Å². The largest absolute Gasteiger partial charge is 0.467 e. The van der Waals surface area contributed by atoms with Gasteiger partial charge in [0, 0.05) is 23.8 Å². The third-order valence-electron chi connectivity index (χ3n) is 6.91. The molecule has 180 valence electrons. The number of carbonyl (C=O) groups is 3. The van der Waals surface area contributed by atoms with Crippen LogP contribution in [0.15, 0.2) is 42.5 Å². The van der Waals surface area contributed by atoms with E-state index in [1.54, 1.807) is 6.07 Å². The molecule has 1 heterocycles. The lowest BCUT2D eigenvalue weighted by Crippen LogP contribution is -2.46. The van der Waals surface area contributed by atoms with Crippen molar-refractivity contribution < 1.29 is 27.5 Å². The molecule has 1 saturated heterocycles. The number of nitrogens with one attached hydrogen (secondary N) is 1. The van der Waals surface area contributed by atoms with Crippen LogP contribution >= 0.6 is 0 Å². The second kappa shape index (κ2) is 8.54. The third-order valence-corrected chi connectivity index (χ3v) is 8.46. The summed E-state index contributed by atoms with van der Waals surface area (Å²) in [6, 6.07) is 12.6. The number of fused-ring (bicyclic) bond motifs is 3. The molecule has 4 rings (SSSR count). The first-order valence-corrected chi connectivity index (χ1v) is 13.0. The minimum absolute atomic E-state index is 0.0226. The van der Waals surface area contributed by atoms with Gasteiger partial charge in [-0.2, -0.15) is 0 Å². The van der Waals surface area contributed by atoms with E-state index in [1.165, 1.54) is 17.6 Å². The molecule has 2 aliphatic rings. The lowest BCUT2D eigenvalue weighted by atomic mass is 9.82. The van der Waals surface area contributed by atoms with Gasteiger partial charge >= 0.3 is 5.97 Å². The first-order chi connectivity index (χ1) is 15.9. The average Bonchev–Trinajstić information content (AvgIpc) is 3.35. The molecule has 1 fully saturated rings. The fourth-order valence-corrected chi connectivity index (χ4v) is 5.93. The predicted octanol–water partition coefficient (Wildman–Crippen LogP) is 1.91. The van der Waals surface area contributed by atoms with Crippen LogP contribution in [0.5, 0.6) is 0 Å². The van der Waals surface area contributed by atoms with Crippen LogP contribution < -0.4 is 5.32 Å². The van der Waals surface area contributed by atoms with E-state index in [0.29, 0.717) is 5.56 Å². The Morgan fingerprint density at radius 2 is 1.76 bits per heavy atom. The van der Waals surface area contributed by atoms with Crippen LogP contribution in [0.2, 0.25) is 0 Å². The van der Waals surface area contributed by atoms with E-state index in [0.717, 1.165) is 22.9 Å². The molecule has 0 unspecified atom stereocenters. The van der Waals surface area contributed by atoms with E-state index in [9.17, 15) is 22.8 Å². The van der Waals surface area contributed by atoms with Gasteiger partial charge in [0.15, 0.2) is 9.84 Å². The van der Waals surface area contributed by atoms with Gasteiger partial charge in [-0.3, -0.25) is 9.59 Å². The number of carbonyl (C=O) groups excluding carboxylic acids is 3. The molecule has 2 aromatic carbocycles. The molecule has 9 heteroatoms. The quantitative estimate of drug-likeness (QED) is 0.650. The molecular weight excluding hydrogens is 456 g/mol. The minimum Gasteiger partial charge on any atom is -0.467 e. The summed E-state index contributed by atoms with van der Waals surface area (Å²) in [6.07, 6.45) is 1.06. The van der Waals surface area contributed by atoms with Crippen molar-refractivity contribution in [2.45, 2.75) is 37.0 Å². The molecule has 0 bridgehead atoms. The molecule has 34 heavy (non-hydrogen) atoms. The van der Waals surface area contributed by atoms with Crippen molar-refractivity contribution in [1.29, 1.82) is 0 Å². The van der Waals surface area contributed by atoms with Crippen LogP contribution in [-0.2, 0) is 29.6 Å². The van der Waals surface area contributed by atoms with Crippen molar-refractivity contribution in [3.05, 3.63) is 59.2 Å². The highest BCUT2D eigenvalue weighted by molar-refractivity contribution is 7.91. The summed E-state index contributed by atoms with van der Waals surface area (Å²) in [4.78, 5) is 39.0. The van der Waals surface area contributed by atoms with Crippen molar-refractivity contribution >= 4 is 27.6 Å². The molecule has 1 N–H and O–H groups in total. The second-order valence-electron chi connectivity index (χ2n) is 9.39. The smallest absolute Gasteiger partial charge is 0.328 e. The highest BCUT2D eigenvalue weighted by atomic mass is 32.2. The van der Waals surface area contributed by atoms with Gasteiger partial charge in [-0.25, -0.2) is 13.2 Å². The third kappa shape index (κ3) is 4.09. The molecule has 0 saturated carbocycles. The zero-order valence-corrected chi connectivity index (χ0v) is 20.4. The molecule has 2 aromatic rings. The summed E-state index contributed by atoms with van der Waals surface area (Å²) < 4.78 is 28.7. The number of hydrogen-bond acceptors (Lipinski definition) is 6. The van der Waals surface area contributed by atoms with Gasteiger partial charge < -0.3 is 15.0 Å². The Hall–Kier alpha value is -3.20. The van der Waals surface area contributed by atoms with E-state index in [4.69, 9.17) is 4.74 Å². The minimum atomic E-state index is -3.45. The zero-order chi connectivity index (χ0) is 24.8. The first-order valence-electron chi connectivity index (χ1n) is 11.0. The van der Waals surface area contributed by atoms with Gasteiger partial charge in [-0.15, -0.1) is 0 Å². The molecule has 8 nitrogen and oxygen atoms in total. The molecule has 0 spiro atoms. The van der Waals surface area contributed by atoms with E-state index in [1.807, 2.05) is 30.3 Å². The normalized spacial score (nSPS) is 20.4. The van der Waals surface area contributed by atoms with Gasteiger partial charge in [0.1, 0.15) is 6.04 Å². The number of esters is 1. The van der Waals surface area contributed by atoms with Crippen LogP contribution in [-0.4, -0.2) is 68.8 Å². The summed E-state index contributed by atoms with van der Waals surface area (Å²) in [7, 11) is -2.26. The zero-order valence-electron chi connectivity index (χ0n) is 19.6. The summed E-state index contributed by atoms with van der Waals surface area (Å²) in [5.74, 6) is -1.64. The SMILES string of the molecule is COC(=O)[C@@H]1C[C@@H](S(C)(=O)=O)CN1C(=O)CNC(=O)c1ccc2c(c1)-c1ccccc1C2(C)C. The van der Waals surface area contributed by atoms with Gasteiger partial charge in [0.05, 0.1) is 18.9 Å². The van der Waals surface area contributed by atoms with Gasteiger partial charge in [-0.05, 0) is 40.8 Å².